The number of nitrogens with one attached hydrogen (secondary N) is 1. The summed E-state index contributed by atoms with van der Waals surface area (Å²) in [5.41, 5.74) is 2.28. The molecule has 0 aliphatic carbocycles. The molecule has 3 heterocycles. The highest BCUT2D eigenvalue weighted by Crippen LogP contribution is 2.34. The summed E-state index contributed by atoms with van der Waals surface area (Å²) in [4.78, 5) is 29.9. The first kappa shape index (κ1) is 27.7. The van der Waals surface area contributed by atoms with E-state index in [9.17, 15) is 22.7 Å². The molecule has 1 aliphatic rings. The van der Waals surface area contributed by atoms with Gasteiger partial charge in [0.2, 0.25) is 5.71 Å². The lowest BCUT2D eigenvalue weighted by Crippen LogP contribution is -2.38. The highest BCUT2D eigenvalue weighted by atomic mass is 32.2. The highest BCUT2D eigenvalue weighted by Gasteiger charge is 2.26. The van der Waals surface area contributed by atoms with Crippen molar-refractivity contribution >= 4 is 34.4 Å². The number of fused-ring (bicyclic) bond motifs is 1. The van der Waals surface area contributed by atoms with Crippen LogP contribution in [0.25, 0.3) is 22.4 Å². The third-order valence-corrected chi connectivity index (χ3v) is 7.73. The van der Waals surface area contributed by atoms with Crippen molar-refractivity contribution < 1.29 is 32.3 Å². The minimum atomic E-state index is -2.50. The zero-order valence-corrected chi connectivity index (χ0v) is 22.1. The molecule has 2 aromatic heterocycles. The number of halogens is 1. The van der Waals surface area contributed by atoms with Crippen LogP contribution < -0.4 is 5.32 Å². The topological polar surface area (TPSA) is 139 Å². The molecule has 12 heteroatoms. The summed E-state index contributed by atoms with van der Waals surface area (Å²) in [6.07, 6.45) is 1.62. The number of rotatable bonds is 9. The monoisotopic (exact) mass is 545 g/mol. The van der Waals surface area contributed by atoms with Crippen LogP contribution >= 0.6 is 0 Å². The Morgan fingerprint density at radius 3 is 2.55 bits per heavy atom. The number of nitrogens with zero attached hydrogens (tertiary/aromatic N) is 3. The SMILES string of the molecule is CCc1cc2c(C(=O)NC)c(-c3ccc(F)cc3)oc2nc1CN(CCC1CCN(C(=O)O)CC1)S(=O)[O-]. The van der Waals surface area contributed by atoms with Crippen LogP contribution in [0.4, 0.5) is 9.18 Å². The van der Waals surface area contributed by atoms with Crippen molar-refractivity contribution in [2.75, 3.05) is 26.7 Å². The Balaban J connectivity index is 1.61. The molecule has 1 saturated heterocycles. The van der Waals surface area contributed by atoms with Crippen LogP contribution in [0.15, 0.2) is 34.7 Å². The average Bonchev–Trinajstić information content (AvgIpc) is 3.28. The summed E-state index contributed by atoms with van der Waals surface area (Å²) in [7, 11) is 1.51. The minimum Gasteiger partial charge on any atom is -0.760 e. The second-order valence-corrected chi connectivity index (χ2v) is 10.2. The van der Waals surface area contributed by atoms with E-state index in [-0.39, 0.29) is 42.0 Å². The maximum absolute atomic E-state index is 13.5. The lowest BCUT2D eigenvalue weighted by atomic mass is 9.94. The van der Waals surface area contributed by atoms with Crippen LogP contribution in [0.2, 0.25) is 0 Å². The van der Waals surface area contributed by atoms with E-state index in [0.717, 1.165) is 5.56 Å². The molecule has 1 aliphatic heterocycles. The molecule has 0 radical (unpaired) electrons. The Morgan fingerprint density at radius 2 is 1.97 bits per heavy atom. The maximum atomic E-state index is 13.5. The van der Waals surface area contributed by atoms with Crippen LogP contribution in [0, 0.1) is 11.7 Å². The highest BCUT2D eigenvalue weighted by molar-refractivity contribution is 7.76. The Bertz CT molecular complexity index is 1340. The number of hydrogen-bond donors (Lipinski definition) is 2. The lowest BCUT2D eigenvalue weighted by molar-refractivity contribution is 0.0964. The minimum absolute atomic E-state index is 0.0328. The average molecular weight is 546 g/mol. The third kappa shape index (κ3) is 6.03. The standard InChI is InChI=1S/C26H31FN4O6S/c1-3-17-14-20-22(24(32)28-2)23(18-4-6-19(27)7-5-18)37-25(20)29-21(17)15-31(38(35)36)13-10-16-8-11-30(12-9-16)26(33)34/h4-7,14,16H,3,8-13,15H2,1-2H3,(H,28,32)(H,33,34)(H,35,36)/p-1. The van der Waals surface area contributed by atoms with Crippen LogP contribution in [-0.2, 0) is 24.2 Å². The van der Waals surface area contributed by atoms with Gasteiger partial charge in [0.25, 0.3) is 5.91 Å². The summed E-state index contributed by atoms with van der Waals surface area (Å²) in [5, 5.41) is 12.2. The number of pyridine rings is 1. The van der Waals surface area contributed by atoms with Gasteiger partial charge < -0.3 is 24.3 Å². The van der Waals surface area contributed by atoms with E-state index in [4.69, 9.17) is 9.52 Å². The largest absolute Gasteiger partial charge is 0.760 e. The molecule has 204 valence electrons. The number of carbonyl (C=O) groups excluding carboxylic acids is 1. The molecule has 10 nitrogen and oxygen atoms in total. The molecule has 1 aromatic carbocycles. The van der Waals surface area contributed by atoms with Gasteiger partial charge in [0.05, 0.1) is 23.2 Å². The number of hydrogen-bond acceptors (Lipinski definition) is 6. The Morgan fingerprint density at radius 1 is 1.29 bits per heavy atom. The van der Waals surface area contributed by atoms with E-state index in [0.29, 0.717) is 55.4 Å². The summed E-state index contributed by atoms with van der Waals surface area (Å²) in [6, 6.07) is 7.39. The van der Waals surface area contributed by atoms with E-state index in [1.54, 1.807) is 6.07 Å². The number of piperidine rings is 1. The molecular formula is C26H30FN4O6S-. The molecule has 0 bridgehead atoms. The van der Waals surface area contributed by atoms with Crippen molar-refractivity contribution in [3.8, 4) is 11.3 Å². The number of aromatic nitrogens is 1. The molecule has 1 unspecified atom stereocenters. The van der Waals surface area contributed by atoms with Crippen molar-refractivity contribution in [3.63, 3.8) is 0 Å². The number of furan rings is 1. The predicted molar refractivity (Wildman–Crippen MR) is 138 cm³/mol. The van der Waals surface area contributed by atoms with Gasteiger partial charge in [-0.05, 0) is 67.5 Å². The summed E-state index contributed by atoms with van der Waals surface area (Å²) in [5.74, 6) is -0.312. The number of carboxylic acid groups (broad SMARTS) is 1. The van der Waals surface area contributed by atoms with Crippen LogP contribution in [0.3, 0.4) is 0 Å². The van der Waals surface area contributed by atoms with Crippen molar-refractivity contribution in [1.82, 2.24) is 19.5 Å². The maximum Gasteiger partial charge on any atom is 0.407 e. The van der Waals surface area contributed by atoms with E-state index in [1.165, 1.54) is 40.5 Å². The molecule has 38 heavy (non-hydrogen) atoms. The van der Waals surface area contributed by atoms with Crippen LogP contribution in [-0.4, -0.2) is 66.7 Å². The number of benzene rings is 1. The Kier molecular flexibility index (Phi) is 8.75. The molecule has 0 spiro atoms. The van der Waals surface area contributed by atoms with Gasteiger partial charge in [-0.3, -0.25) is 9.00 Å². The zero-order chi connectivity index (χ0) is 27.4. The number of amides is 2. The number of aryl methyl sites for hydroxylation is 1. The summed E-state index contributed by atoms with van der Waals surface area (Å²) < 4.78 is 45.0. The van der Waals surface area contributed by atoms with Crippen molar-refractivity contribution in [1.29, 1.82) is 0 Å². The molecule has 2 amide bonds. The van der Waals surface area contributed by atoms with Crippen molar-refractivity contribution in [2.24, 2.45) is 5.92 Å². The van der Waals surface area contributed by atoms with E-state index in [1.807, 2.05) is 6.92 Å². The van der Waals surface area contributed by atoms with E-state index < -0.39 is 23.2 Å². The van der Waals surface area contributed by atoms with Gasteiger partial charge in [-0.2, -0.15) is 0 Å². The quantitative estimate of drug-likeness (QED) is 0.388. The van der Waals surface area contributed by atoms with Gasteiger partial charge in [-0.1, -0.05) is 6.92 Å². The van der Waals surface area contributed by atoms with Gasteiger partial charge in [0, 0.05) is 43.5 Å². The Labute approximate surface area is 222 Å². The summed E-state index contributed by atoms with van der Waals surface area (Å²) in [6.45, 7) is 3.12. The van der Waals surface area contributed by atoms with Crippen molar-refractivity contribution in [3.05, 3.63) is 53.0 Å². The molecule has 0 saturated carbocycles. The second kappa shape index (κ2) is 12.0. The first-order chi connectivity index (χ1) is 18.2. The van der Waals surface area contributed by atoms with Gasteiger partial charge in [-0.25, -0.2) is 18.5 Å². The molecule has 3 aromatic rings. The molecule has 2 N–H and O–H groups in total. The van der Waals surface area contributed by atoms with Gasteiger partial charge in [-0.15, -0.1) is 0 Å². The van der Waals surface area contributed by atoms with Gasteiger partial charge in [0.15, 0.2) is 0 Å². The molecule has 1 atom stereocenters. The fourth-order valence-corrected chi connectivity index (χ4v) is 5.29. The Hall–Kier alpha value is -3.35. The summed E-state index contributed by atoms with van der Waals surface area (Å²) >= 11 is -2.50. The van der Waals surface area contributed by atoms with Gasteiger partial charge >= 0.3 is 6.09 Å². The van der Waals surface area contributed by atoms with Crippen LogP contribution in [0.5, 0.6) is 0 Å². The molecule has 1 fully saturated rings. The second-order valence-electron chi connectivity index (χ2n) is 9.27. The number of carbonyl (C=O) groups is 2. The molecular weight excluding hydrogens is 515 g/mol. The fourth-order valence-electron chi connectivity index (χ4n) is 4.81. The first-order valence-electron chi connectivity index (χ1n) is 12.5. The fraction of sp³-hybridized carbons (Fsp3) is 0.423. The van der Waals surface area contributed by atoms with E-state index in [2.05, 4.69) is 10.3 Å². The number of likely N-dealkylation sites (tertiary alicyclic amines) is 1. The predicted octanol–water partition coefficient (Wildman–Crippen LogP) is 3.93. The smallest absolute Gasteiger partial charge is 0.407 e. The third-order valence-electron chi connectivity index (χ3n) is 7.00. The normalized spacial score (nSPS) is 15.2. The van der Waals surface area contributed by atoms with E-state index >= 15 is 0 Å². The first-order valence-corrected chi connectivity index (χ1v) is 13.5. The van der Waals surface area contributed by atoms with Crippen LogP contribution in [0.1, 0.15) is 47.8 Å². The van der Waals surface area contributed by atoms with Gasteiger partial charge in [0.1, 0.15) is 11.6 Å². The van der Waals surface area contributed by atoms with Crippen molar-refractivity contribution in [2.45, 2.75) is 39.2 Å². The lowest BCUT2D eigenvalue weighted by Gasteiger charge is -2.32. The zero-order valence-electron chi connectivity index (χ0n) is 21.2. The molecule has 4 rings (SSSR count).